The zero-order valence-corrected chi connectivity index (χ0v) is 17.3. The summed E-state index contributed by atoms with van der Waals surface area (Å²) in [6, 6.07) is 8.03. The second-order valence-electron chi connectivity index (χ2n) is 6.36. The highest BCUT2D eigenvalue weighted by Gasteiger charge is 2.28. The van der Waals surface area contributed by atoms with Crippen molar-refractivity contribution in [2.24, 2.45) is 0 Å². The van der Waals surface area contributed by atoms with E-state index in [2.05, 4.69) is 15.2 Å². The van der Waals surface area contributed by atoms with Crippen LogP contribution in [0.3, 0.4) is 0 Å². The molecule has 1 fully saturated rings. The summed E-state index contributed by atoms with van der Waals surface area (Å²) in [4.78, 5) is 18.3. The van der Waals surface area contributed by atoms with Gasteiger partial charge in [0, 0.05) is 56.6 Å². The van der Waals surface area contributed by atoms with Crippen LogP contribution in [0.2, 0.25) is 10.0 Å². The molecule has 2 heterocycles. The molecular weight excluding hydrogens is 423 g/mol. The van der Waals surface area contributed by atoms with Crippen LogP contribution in [0.4, 0.5) is 5.69 Å². The maximum atomic E-state index is 12.6. The van der Waals surface area contributed by atoms with Gasteiger partial charge in [-0.1, -0.05) is 23.2 Å². The van der Waals surface area contributed by atoms with Crippen LogP contribution in [0.25, 0.3) is 0 Å². The largest absolute Gasteiger partial charge is 0.325 e. The van der Waals surface area contributed by atoms with Crippen molar-refractivity contribution in [2.75, 3.05) is 38.0 Å². The monoisotopic (exact) mass is 442 g/mol. The molecule has 0 spiro atoms. The number of halogens is 2. The lowest BCUT2D eigenvalue weighted by Gasteiger charge is -2.33. The second-order valence-corrected chi connectivity index (χ2v) is 9.14. The van der Waals surface area contributed by atoms with Gasteiger partial charge in [-0.25, -0.2) is 8.42 Å². The van der Waals surface area contributed by atoms with Gasteiger partial charge in [0.15, 0.2) is 0 Å². The van der Waals surface area contributed by atoms with Crippen molar-refractivity contribution >= 4 is 44.8 Å². The molecule has 0 radical (unpaired) electrons. The molecule has 7 nitrogen and oxygen atoms in total. The van der Waals surface area contributed by atoms with Crippen molar-refractivity contribution in [3.05, 3.63) is 52.8 Å². The highest BCUT2D eigenvalue weighted by Crippen LogP contribution is 2.25. The molecule has 1 aromatic heterocycles. The van der Waals surface area contributed by atoms with E-state index in [0.29, 0.717) is 48.5 Å². The minimum absolute atomic E-state index is 0.172. The van der Waals surface area contributed by atoms with E-state index in [0.717, 1.165) is 0 Å². The third-order valence-corrected chi connectivity index (χ3v) is 6.91. The first kappa shape index (κ1) is 21.0. The normalized spacial score (nSPS) is 16.1. The van der Waals surface area contributed by atoms with E-state index in [1.54, 1.807) is 36.5 Å². The van der Waals surface area contributed by atoms with Gasteiger partial charge >= 0.3 is 0 Å². The van der Waals surface area contributed by atoms with Gasteiger partial charge in [-0.05, 0) is 30.3 Å². The number of piperazine rings is 1. The maximum Gasteiger partial charge on any atom is 0.244 e. The molecule has 2 aromatic rings. The van der Waals surface area contributed by atoms with Gasteiger partial charge in [0.25, 0.3) is 0 Å². The Morgan fingerprint density at radius 3 is 2.57 bits per heavy atom. The van der Waals surface area contributed by atoms with Crippen molar-refractivity contribution in [1.82, 2.24) is 14.2 Å². The van der Waals surface area contributed by atoms with E-state index >= 15 is 0 Å². The number of hydrogen-bond acceptors (Lipinski definition) is 5. The summed E-state index contributed by atoms with van der Waals surface area (Å²) in [5.74, 6) is -0.172. The molecule has 150 valence electrons. The lowest BCUT2D eigenvalue weighted by Crippen LogP contribution is -2.49. The first-order chi connectivity index (χ1) is 13.4. The predicted molar refractivity (Wildman–Crippen MR) is 109 cm³/mol. The molecule has 10 heteroatoms. The van der Waals surface area contributed by atoms with Crippen LogP contribution in [-0.2, 0) is 14.8 Å². The third kappa shape index (κ3) is 5.21. The minimum atomic E-state index is -3.53. The predicted octanol–water partition coefficient (Wildman–Crippen LogP) is 2.72. The smallest absolute Gasteiger partial charge is 0.244 e. The van der Waals surface area contributed by atoms with Gasteiger partial charge in [-0.15, -0.1) is 0 Å². The zero-order valence-electron chi connectivity index (χ0n) is 15.0. The third-order valence-electron chi connectivity index (χ3n) is 4.46. The Labute approximate surface area is 174 Å². The first-order valence-corrected chi connectivity index (χ1v) is 10.9. The quantitative estimate of drug-likeness (QED) is 0.743. The Hall–Kier alpha value is -1.71. The van der Waals surface area contributed by atoms with Crippen LogP contribution in [0.1, 0.15) is 6.42 Å². The number of pyridine rings is 1. The number of nitrogens with one attached hydrogen (secondary N) is 1. The standard InChI is InChI=1S/C18H20Cl2N4O3S/c19-14-3-4-16(20)17(12-14)22-18(25)5-7-23-8-10-24(11-9-23)28(26,27)15-2-1-6-21-13-15/h1-4,6,12-13H,5,7-11H2,(H,22,25). The van der Waals surface area contributed by atoms with Crippen LogP contribution in [0.5, 0.6) is 0 Å². The minimum Gasteiger partial charge on any atom is -0.325 e. The summed E-state index contributed by atoms with van der Waals surface area (Å²) in [6.07, 6.45) is 3.17. The average Bonchev–Trinajstić information content (AvgIpc) is 2.70. The van der Waals surface area contributed by atoms with E-state index in [4.69, 9.17) is 23.2 Å². The number of rotatable bonds is 6. The number of benzene rings is 1. The number of aromatic nitrogens is 1. The van der Waals surface area contributed by atoms with E-state index in [1.165, 1.54) is 10.5 Å². The van der Waals surface area contributed by atoms with Crippen molar-refractivity contribution in [3.8, 4) is 0 Å². The number of sulfonamides is 1. The molecule has 0 bridgehead atoms. The molecular formula is C18H20Cl2N4O3S. The summed E-state index contributed by atoms with van der Waals surface area (Å²) in [5.41, 5.74) is 0.478. The number of carbonyl (C=O) groups excluding carboxylic acids is 1. The van der Waals surface area contributed by atoms with Gasteiger partial charge in [0.1, 0.15) is 4.90 Å². The molecule has 3 rings (SSSR count). The second kappa shape index (κ2) is 9.19. The van der Waals surface area contributed by atoms with Gasteiger partial charge < -0.3 is 10.2 Å². The topological polar surface area (TPSA) is 82.6 Å². The van der Waals surface area contributed by atoms with E-state index in [9.17, 15) is 13.2 Å². The fourth-order valence-corrected chi connectivity index (χ4v) is 4.63. The summed E-state index contributed by atoms with van der Waals surface area (Å²) in [6.45, 7) is 2.40. The van der Waals surface area contributed by atoms with Crippen LogP contribution in [0.15, 0.2) is 47.6 Å². The van der Waals surface area contributed by atoms with Crippen LogP contribution < -0.4 is 5.32 Å². The molecule has 0 saturated carbocycles. The maximum absolute atomic E-state index is 12.6. The first-order valence-electron chi connectivity index (χ1n) is 8.74. The molecule has 0 aliphatic carbocycles. The van der Waals surface area contributed by atoms with Gasteiger partial charge in [0.2, 0.25) is 15.9 Å². The van der Waals surface area contributed by atoms with E-state index < -0.39 is 10.0 Å². The average molecular weight is 443 g/mol. The Bertz CT molecular complexity index is 933. The number of nitrogens with zero attached hydrogens (tertiary/aromatic N) is 3. The van der Waals surface area contributed by atoms with Crippen molar-refractivity contribution in [1.29, 1.82) is 0 Å². The van der Waals surface area contributed by atoms with Gasteiger partial charge in [-0.3, -0.25) is 9.78 Å². The lowest BCUT2D eigenvalue weighted by atomic mass is 10.3. The molecule has 1 aliphatic rings. The van der Waals surface area contributed by atoms with Crippen molar-refractivity contribution in [2.45, 2.75) is 11.3 Å². The Morgan fingerprint density at radius 2 is 1.89 bits per heavy atom. The molecule has 0 atom stereocenters. The Kier molecular flexibility index (Phi) is 6.90. The molecule has 1 aromatic carbocycles. The summed E-state index contributed by atoms with van der Waals surface area (Å²) >= 11 is 12.0. The highest BCUT2D eigenvalue weighted by molar-refractivity contribution is 7.89. The summed E-state index contributed by atoms with van der Waals surface area (Å²) < 4.78 is 26.7. The lowest BCUT2D eigenvalue weighted by molar-refractivity contribution is -0.116. The molecule has 0 unspecified atom stereocenters. The van der Waals surface area contributed by atoms with Crippen molar-refractivity contribution < 1.29 is 13.2 Å². The number of anilines is 1. The Balaban J connectivity index is 1.48. The number of carbonyl (C=O) groups is 1. The molecule has 1 amide bonds. The van der Waals surface area contributed by atoms with E-state index in [-0.39, 0.29) is 17.2 Å². The number of amides is 1. The SMILES string of the molecule is O=C(CCN1CCN(S(=O)(=O)c2cccnc2)CC1)Nc1cc(Cl)ccc1Cl. The van der Waals surface area contributed by atoms with E-state index in [1.807, 2.05) is 0 Å². The van der Waals surface area contributed by atoms with Crippen LogP contribution >= 0.6 is 23.2 Å². The van der Waals surface area contributed by atoms with Gasteiger partial charge in [0.05, 0.1) is 10.7 Å². The van der Waals surface area contributed by atoms with Crippen LogP contribution in [0, 0.1) is 0 Å². The fourth-order valence-electron chi connectivity index (χ4n) is 2.91. The van der Waals surface area contributed by atoms with Crippen molar-refractivity contribution in [3.63, 3.8) is 0 Å². The molecule has 1 N–H and O–H groups in total. The highest BCUT2D eigenvalue weighted by atomic mass is 35.5. The number of hydrogen-bond donors (Lipinski definition) is 1. The summed E-state index contributed by atoms with van der Waals surface area (Å²) in [7, 11) is -3.53. The Morgan fingerprint density at radius 1 is 1.14 bits per heavy atom. The van der Waals surface area contributed by atoms with Crippen LogP contribution in [-0.4, -0.2) is 61.2 Å². The van der Waals surface area contributed by atoms with Gasteiger partial charge in [-0.2, -0.15) is 4.31 Å². The summed E-state index contributed by atoms with van der Waals surface area (Å²) in [5, 5.41) is 3.66. The zero-order chi connectivity index (χ0) is 20.1. The fraction of sp³-hybridized carbons (Fsp3) is 0.333. The molecule has 1 aliphatic heterocycles. The molecule has 28 heavy (non-hydrogen) atoms. The molecule has 1 saturated heterocycles.